The van der Waals surface area contributed by atoms with Crippen LogP contribution in [-0.4, -0.2) is 25.5 Å². The zero-order valence-electron chi connectivity index (χ0n) is 14.1. The van der Waals surface area contributed by atoms with Crippen LogP contribution in [0.25, 0.3) is 0 Å². The Balaban J connectivity index is 1.70. The van der Waals surface area contributed by atoms with E-state index in [9.17, 15) is 18.0 Å². The van der Waals surface area contributed by atoms with Crippen LogP contribution < -0.4 is 5.32 Å². The third kappa shape index (κ3) is 3.93. The highest BCUT2D eigenvalue weighted by Gasteiger charge is 2.30. The fourth-order valence-electron chi connectivity index (χ4n) is 2.57. The zero-order chi connectivity index (χ0) is 18.9. The molecule has 2 heterocycles. The Morgan fingerprint density at radius 1 is 1.27 bits per heavy atom. The van der Waals surface area contributed by atoms with Crippen molar-refractivity contribution in [2.45, 2.75) is 19.6 Å². The monoisotopic (exact) mass is 363 g/mol. The van der Waals surface area contributed by atoms with Crippen molar-refractivity contribution in [2.24, 2.45) is 7.05 Å². The third-order valence-electron chi connectivity index (χ3n) is 3.72. The fraction of sp³-hybridized carbons (Fsp3) is 0.235. The molecule has 6 nitrogen and oxygen atoms in total. The molecular formula is C17H16F3N5O. The number of hydrogen-bond acceptors (Lipinski definition) is 3. The number of alkyl halides is 3. The molecule has 136 valence electrons. The summed E-state index contributed by atoms with van der Waals surface area (Å²) in [6.07, 6.45) is -1.39. The average Bonchev–Trinajstić information content (AvgIpc) is 3.12. The van der Waals surface area contributed by atoms with Crippen molar-refractivity contribution in [1.82, 2.24) is 19.6 Å². The van der Waals surface area contributed by atoms with Gasteiger partial charge in [-0.2, -0.15) is 23.4 Å². The summed E-state index contributed by atoms with van der Waals surface area (Å²) in [4.78, 5) is 12.2. The largest absolute Gasteiger partial charge is 0.416 e. The van der Waals surface area contributed by atoms with Crippen molar-refractivity contribution in [3.8, 4) is 0 Å². The smallest absolute Gasteiger partial charge is 0.318 e. The summed E-state index contributed by atoms with van der Waals surface area (Å²) < 4.78 is 41.2. The van der Waals surface area contributed by atoms with Gasteiger partial charge in [-0.3, -0.25) is 14.2 Å². The van der Waals surface area contributed by atoms with Crippen molar-refractivity contribution in [3.05, 3.63) is 65.2 Å². The SMILES string of the molecule is Cc1cc(C(=O)Nc2cnn(Cc3cccc(C(F)(F)F)c3)c2)n(C)n1. The molecule has 2 aromatic heterocycles. The Labute approximate surface area is 147 Å². The Hall–Kier alpha value is -3.10. The highest BCUT2D eigenvalue weighted by atomic mass is 19.4. The highest BCUT2D eigenvalue weighted by molar-refractivity contribution is 6.02. The van der Waals surface area contributed by atoms with Crippen LogP contribution in [0.2, 0.25) is 0 Å². The molecule has 0 bridgehead atoms. The first kappa shape index (κ1) is 17.7. The van der Waals surface area contributed by atoms with Crippen molar-refractivity contribution in [1.29, 1.82) is 0 Å². The van der Waals surface area contributed by atoms with Crippen molar-refractivity contribution in [3.63, 3.8) is 0 Å². The van der Waals surface area contributed by atoms with Crippen LogP contribution in [0.1, 0.15) is 27.3 Å². The molecule has 0 aliphatic rings. The van der Waals surface area contributed by atoms with Crippen LogP contribution >= 0.6 is 0 Å². The molecule has 1 aromatic carbocycles. The van der Waals surface area contributed by atoms with E-state index in [1.165, 1.54) is 21.6 Å². The van der Waals surface area contributed by atoms with Gasteiger partial charge in [0.15, 0.2) is 0 Å². The Morgan fingerprint density at radius 2 is 2.04 bits per heavy atom. The normalized spacial score (nSPS) is 11.6. The van der Waals surface area contributed by atoms with Gasteiger partial charge in [-0.05, 0) is 30.7 Å². The van der Waals surface area contributed by atoms with Gasteiger partial charge in [0.25, 0.3) is 5.91 Å². The molecule has 0 spiro atoms. The Bertz CT molecular complexity index is 942. The lowest BCUT2D eigenvalue weighted by molar-refractivity contribution is -0.137. The van der Waals surface area contributed by atoms with Gasteiger partial charge in [0.1, 0.15) is 5.69 Å². The molecular weight excluding hydrogens is 347 g/mol. The third-order valence-corrected chi connectivity index (χ3v) is 3.72. The first-order chi connectivity index (χ1) is 12.2. The summed E-state index contributed by atoms with van der Waals surface area (Å²) in [5, 5.41) is 10.9. The van der Waals surface area contributed by atoms with Gasteiger partial charge >= 0.3 is 6.18 Å². The second kappa shape index (κ2) is 6.66. The van der Waals surface area contributed by atoms with E-state index in [4.69, 9.17) is 0 Å². The molecule has 3 aromatic rings. The number of nitrogens with one attached hydrogen (secondary N) is 1. The average molecular weight is 363 g/mol. The Kier molecular flexibility index (Phi) is 4.54. The van der Waals surface area contributed by atoms with Crippen molar-refractivity contribution >= 4 is 11.6 Å². The quantitative estimate of drug-likeness (QED) is 0.774. The summed E-state index contributed by atoms with van der Waals surface area (Å²) >= 11 is 0. The lowest BCUT2D eigenvalue weighted by Gasteiger charge is -2.08. The van der Waals surface area contributed by atoms with Crippen molar-refractivity contribution < 1.29 is 18.0 Å². The van der Waals surface area contributed by atoms with Crippen LogP contribution in [0.5, 0.6) is 0 Å². The summed E-state index contributed by atoms with van der Waals surface area (Å²) in [5.41, 5.74) is 1.32. The molecule has 0 atom stereocenters. The molecule has 0 saturated heterocycles. The second-order valence-electron chi connectivity index (χ2n) is 5.87. The number of rotatable bonds is 4. The maximum Gasteiger partial charge on any atom is 0.416 e. The van der Waals surface area contributed by atoms with Gasteiger partial charge < -0.3 is 5.32 Å². The van der Waals surface area contributed by atoms with E-state index in [1.54, 1.807) is 32.3 Å². The number of anilines is 1. The van der Waals surface area contributed by atoms with Crippen molar-refractivity contribution in [2.75, 3.05) is 5.32 Å². The van der Waals surface area contributed by atoms with E-state index in [0.29, 0.717) is 16.9 Å². The van der Waals surface area contributed by atoms with E-state index in [-0.39, 0.29) is 12.5 Å². The number of carbonyl (C=O) groups is 1. The minimum absolute atomic E-state index is 0.157. The topological polar surface area (TPSA) is 64.7 Å². The van der Waals surface area contributed by atoms with Gasteiger partial charge in [0.2, 0.25) is 0 Å². The maximum absolute atomic E-state index is 12.8. The minimum Gasteiger partial charge on any atom is -0.318 e. The number of benzene rings is 1. The van der Waals surface area contributed by atoms with Crippen LogP contribution in [0.4, 0.5) is 18.9 Å². The van der Waals surface area contributed by atoms with Crippen LogP contribution in [0.15, 0.2) is 42.7 Å². The molecule has 0 aliphatic heterocycles. The number of aromatic nitrogens is 4. The molecule has 1 N–H and O–H groups in total. The van der Waals surface area contributed by atoms with Crippen LogP contribution in [0.3, 0.4) is 0 Å². The molecule has 0 aliphatic carbocycles. The summed E-state index contributed by atoms with van der Waals surface area (Å²) in [6.45, 7) is 1.94. The lowest BCUT2D eigenvalue weighted by Crippen LogP contribution is -2.15. The first-order valence-corrected chi connectivity index (χ1v) is 7.73. The van der Waals surface area contributed by atoms with E-state index in [1.807, 2.05) is 0 Å². The van der Waals surface area contributed by atoms with Gasteiger partial charge in [-0.1, -0.05) is 12.1 Å². The van der Waals surface area contributed by atoms with E-state index >= 15 is 0 Å². The number of nitrogens with zero attached hydrogens (tertiary/aromatic N) is 4. The van der Waals surface area contributed by atoms with Crippen LogP contribution in [0, 0.1) is 6.92 Å². The van der Waals surface area contributed by atoms with E-state index in [2.05, 4.69) is 15.5 Å². The number of amides is 1. The molecule has 0 fully saturated rings. The number of aryl methyl sites for hydroxylation is 2. The molecule has 9 heteroatoms. The van der Waals surface area contributed by atoms with Gasteiger partial charge in [-0.15, -0.1) is 0 Å². The van der Waals surface area contributed by atoms with Gasteiger partial charge in [0.05, 0.1) is 29.7 Å². The van der Waals surface area contributed by atoms with E-state index < -0.39 is 11.7 Å². The van der Waals surface area contributed by atoms with Crippen LogP contribution in [-0.2, 0) is 19.8 Å². The zero-order valence-corrected chi connectivity index (χ0v) is 14.1. The molecule has 0 saturated carbocycles. The molecule has 0 unspecified atom stereocenters. The maximum atomic E-state index is 12.8. The first-order valence-electron chi connectivity index (χ1n) is 7.73. The summed E-state index contributed by atoms with van der Waals surface area (Å²) in [6, 6.07) is 6.71. The lowest BCUT2D eigenvalue weighted by atomic mass is 10.1. The second-order valence-corrected chi connectivity index (χ2v) is 5.87. The standard InChI is InChI=1S/C17H16F3N5O/c1-11-6-15(24(2)23-11)16(26)22-14-8-21-25(10-14)9-12-4-3-5-13(7-12)17(18,19)20/h3-8,10H,9H2,1-2H3,(H,22,26). The number of carbonyl (C=O) groups excluding carboxylic acids is 1. The predicted octanol–water partition coefficient (Wildman–Crippen LogP) is 3.24. The Morgan fingerprint density at radius 3 is 2.69 bits per heavy atom. The predicted molar refractivity (Wildman–Crippen MR) is 88.7 cm³/mol. The molecule has 26 heavy (non-hydrogen) atoms. The number of halogens is 3. The summed E-state index contributed by atoms with van der Waals surface area (Å²) in [7, 11) is 1.67. The van der Waals surface area contributed by atoms with Gasteiger partial charge in [-0.25, -0.2) is 0 Å². The fourth-order valence-corrected chi connectivity index (χ4v) is 2.57. The highest BCUT2D eigenvalue weighted by Crippen LogP contribution is 2.29. The van der Waals surface area contributed by atoms with E-state index in [0.717, 1.165) is 17.8 Å². The number of hydrogen-bond donors (Lipinski definition) is 1. The van der Waals surface area contributed by atoms with Gasteiger partial charge in [0, 0.05) is 13.2 Å². The minimum atomic E-state index is -4.39. The summed E-state index contributed by atoms with van der Waals surface area (Å²) in [5.74, 6) is -0.341. The molecule has 1 amide bonds. The molecule has 0 radical (unpaired) electrons. The molecule has 3 rings (SSSR count).